The molecule has 0 radical (unpaired) electrons. The SMILES string of the molecule is CN(C)C(=O)CC1(CC(=O)Nc2ccc(C(=O)O)cc2)CCCC1. The van der Waals surface area contributed by atoms with Crippen LogP contribution >= 0.6 is 0 Å². The topological polar surface area (TPSA) is 86.7 Å². The number of benzene rings is 1. The van der Waals surface area contributed by atoms with E-state index in [2.05, 4.69) is 5.32 Å². The summed E-state index contributed by atoms with van der Waals surface area (Å²) in [5.74, 6) is -1.08. The third kappa shape index (κ3) is 4.57. The van der Waals surface area contributed by atoms with Crippen molar-refractivity contribution in [1.29, 1.82) is 0 Å². The van der Waals surface area contributed by atoms with Crippen molar-refractivity contribution in [3.63, 3.8) is 0 Å². The van der Waals surface area contributed by atoms with Crippen LogP contribution in [0.1, 0.15) is 48.9 Å². The Hall–Kier alpha value is -2.37. The van der Waals surface area contributed by atoms with Gasteiger partial charge in [-0.25, -0.2) is 4.79 Å². The van der Waals surface area contributed by atoms with Gasteiger partial charge in [0, 0.05) is 32.6 Å². The molecule has 2 amide bonds. The Morgan fingerprint density at radius 2 is 1.67 bits per heavy atom. The fourth-order valence-corrected chi connectivity index (χ4v) is 3.26. The van der Waals surface area contributed by atoms with Crippen molar-refractivity contribution in [3.05, 3.63) is 29.8 Å². The molecule has 1 aromatic carbocycles. The fraction of sp³-hybridized carbons (Fsp3) is 0.500. The third-order valence-electron chi connectivity index (χ3n) is 4.64. The predicted octanol–water partition coefficient (Wildman–Crippen LogP) is 2.75. The lowest BCUT2D eigenvalue weighted by Crippen LogP contribution is -2.32. The summed E-state index contributed by atoms with van der Waals surface area (Å²) in [6.07, 6.45) is 4.57. The number of rotatable bonds is 6. The van der Waals surface area contributed by atoms with E-state index < -0.39 is 5.97 Å². The molecule has 1 aromatic rings. The lowest BCUT2D eigenvalue weighted by atomic mass is 9.78. The van der Waals surface area contributed by atoms with Gasteiger partial charge in [-0.3, -0.25) is 9.59 Å². The normalized spacial score (nSPS) is 15.8. The number of anilines is 1. The molecule has 0 saturated heterocycles. The molecule has 1 aliphatic carbocycles. The van der Waals surface area contributed by atoms with Gasteiger partial charge in [-0.2, -0.15) is 0 Å². The summed E-state index contributed by atoms with van der Waals surface area (Å²) in [5, 5.41) is 11.7. The van der Waals surface area contributed by atoms with Crippen molar-refractivity contribution in [1.82, 2.24) is 4.90 Å². The molecule has 6 heteroatoms. The maximum Gasteiger partial charge on any atom is 0.335 e. The molecular weight excluding hydrogens is 308 g/mol. The van der Waals surface area contributed by atoms with E-state index in [0.717, 1.165) is 25.7 Å². The van der Waals surface area contributed by atoms with Crippen LogP contribution in [0.15, 0.2) is 24.3 Å². The smallest absolute Gasteiger partial charge is 0.335 e. The van der Waals surface area contributed by atoms with Gasteiger partial charge in [0.2, 0.25) is 11.8 Å². The van der Waals surface area contributed by atoms with Gasteiger partial charge in [0.15, 0.2) is 0 Å². The zero-order valence-corrected chi connectivity index (χ0v) is 14.2. The zero-order valence-electron chi connectivity index (χ0n) is 14.2. The highest BCUT2D eigenvalue weighted by Gasteiger charge is 2.38. The summed E-state index contributed by atoms with van der Waals surface area (Å²) in [4.78, 5) is 36.9. The minimum Gasteiger partial charge on any atom is -0.478 e. The number of aromatic carboxylic acids is 1. The summed E-state index contributed by atoms with van der Waals surface area (Å²) in [7, 11) is 3.46. The highest BCUT2D eigenvalue weighted by molar-refractivity contribution is 5.93. The minimum atomic E-state index is -1.00. The Morgan fingerprint density at radius 3 is 2.17 bits per heavy atom. The maximum absolute atomic E-state index is 12.4. The second-order valence-electron chi connectivity index (χ2n) is 6.78. The molecule has 0 bridgehead atoms. The van der Waals surface area contributed by atoms with Crippen LogP contribution in [0.4, 0.5) is 5.69 Å². The molecule has 1 saturated carbocycles. The van der Waals surface area contributed by atoms with Gasteiger partial charge in [0.1, 0.15) is 0 Å². The summed E-state index contributed by atoms with van der Waals surface area (Å²) >= 11 is 0. The van der Waals surface area contributed by atoms with Gasteiger partial charge in [0.25, 0.3) is 0 Å². The van der Waals surface area contributed by atoms with Gasteiger partial charge < -0.3 is 15.3 Å². The number of nitrogens with one attached hydrogen (secondary N) is 1. The second-order valence-corrected chi connectivity index (χ2v) is 6.78. The van der Waals surface area contributed by atoms with Crippen LogP contribution in [0.25, 0.3) is 0 Å². The summed E-state index contributed by atoms with van der Waals surface area (Å²) in [5.41, 5.74) is 0.487. The number of carboxylic acid groups (broad SMARTS) is 1. The van der Waals surface area contributed by atoms with E-state index in [1.807, 2.05) is 0 Å². The molecule has 6 nitrogen and oxygen atoms in total. The van der Waals surface area contributed by atoms with Gasteiger partial charge in [0.05, 0.1) is 5.56 Å². The number of nitrogens with zero attached hydrogens (tertiary/aromatic N) is 1. The standard InChI is InChI=1S/C18H24N2O4/c1-20(2)16(22)12-18(9-3-4-10-18)11-15(21)19-14-7-5-13(6-8-14)17(23)24/h5-8H,3-4,9-12H2,1-2H3,(H,19,21)(H,23,24). The summed E-state index contributed by atoms with van der Waals surface area (Å²) in [6.45, 7) is 0. The van der Waals surface area contributed by atoms with E-state index >= 15 is 0 Å². The average molecular weight is 332 g/mol. The highest BCUT2D eigenvalue weighted by atomic mass is 16.4. The first-order chi connectivity index (χ1) is 11.3. The number of carbonyl (C=O) groups is 3. The van der Waals surface area contributed by atoms with E-state index in [0.29, 0.717) is 18.5 Å². The van der Waals surface area contributed by atoms with E-state index in [1.54, 1.807) is 31.1 Å². The first-order valence-electron chi connectivity index (χ1n) is 8.15. The Bertz CT molecular complexity index is 616. The molecule has 24 heavy (non-hydrogen) atoms. The molecule has 0 spiro atoms. The van der Waals surface area contributed by atoms with Crippen molar-refractivity contribution in [2.75, 3.05) is 19.4 Å². The van der Waals surface area contributed by atoms with Crippen molar-refractivity contribution in [2.45, 2.75) is 38.5 Å². The van der Waals surface area contributed by atoms with E-state index in [9.17, 15) is 14.4 Å². The maximum atomic E-state index is 12.4. The van der Waals surface area contributed by atoms with Crippen LogP contribution in [0, 0.1) is 5.41 Å². The first kappa shape index (κ1) is 18.0. The molecule has 0 atom stereocenters. The molecule has 0 unspecified atom stereocenters. The average Bonchev–Trinajstić information content (AvgIpc) is 2.95. The quantitative estimate of drug-likeness (QED) is 0.838. The largest absolute Gasteiger partial charge is 0.478 e. The van der Waals surface area contributed by atoms with Crippen molar-refractivity contribution >= 4 is 23.5 Å². The Labute approximate surface area is 141 Å². The monoisotopic (exact) mass is 332 g/mol. The fourth-order valence-electron chi connectivity index (χ4n) is 3.26. The van der Waals surface area contributed by atoms with Gasteiger partial charge in [-0.1, -0.05) is 12.8 Å². The molecule has 130 valence electrons. The van der Waals surface area contributed by atoms with Crippen molar-refractivity contribution < 1.29 is 19.5 Å². The summed E-state index contributed by atoms with van der Waals surface area (Å²) < 4.78 is 0. The van der Waals surface area contributed by atoms with Crippen LogP contribution in [-0.2, 0) is 9.59 Å². The molecule has 0 aromatic heterocycles. The summed E-state index contributed by atoms with van der Waals surface area (Å²) in [6, 6.07) is 6.07. The lowest BCUT2D eigenvalue weighted by Gasteiger charge is -2.29. The molecule has 1 fully saturated rings. The first-order valence-corrected chi connectivity index (χ1v) is 8.15. The number of amides is 2. The zero-order chi connectivity index (χ0) is 17.7. The number of carboxylic acids is 1. The molecule has 0 heterocycles. The van der Waals surface area contributed by atoms with E-state index in [4.69, 9.17) is 5.11 Å². The van der Waals surface area contributed by atoms with Crippen LogP contribution in [0.5, 0.6) is 0 Å². The third-order valence-corrected chi connectivity index (χ3v) is 4.64. The van der Waals surface area contributed by atoms with E-state index in [1.165, 1.54) is 12.1 Å². The number of hydrogen-bond donors (Lipinski definition) is 2. The minimum absolute atomic E-state index is 0.0514. The van der Waals surface area contributed by atoms with Crippen molar-refractivity contribution in [3.8, 4) is 0 Å². The Morgan fingerprint density at radius 1 is 1.08 bits per heavy atom. The van der Waals surface area contributed by atoms with Crippen LogP contribution in [-0.4, -0.2) is 41.9 Å². The van der Waals surface area contributed by atoms with Crippen LogP contribution in [0.3, 0.4) is 0 Å². The number of carbonyl (C=O) groups excluding carboxylic acids is 2. The molecule has 1 aliphatic rings. The van der Waals surface area contributed by atoms with E-state index in [-0.39, 0.29) is 22.8 Å². The van der Waals surface area contributed by atoms with Crippen LogP contribution < -0.4 is 5.32 Å². The molecule has 0 aliphatic heterocycles. The van der Waals surface area contributed by atoms with Crippen LogP contribution in [0.2, 0.25) is 0 Å². The Balaban J connectivity index is 2.00. The lowest BCUT2D eigenvalue weighted by molar-refractivity contribution is -0.131. The predicted molar refractivity (Wildman–Crippen MR) is 90.9 cm³/mol. The molecule has 2 rings (SSSR count). The highest BCUT2D eigenvalue weighted by Crippen LogP contribution is 2.44. The number of hydrogen-bond acceptors (Lipinski definition) is 3. The van der Waals surface area contributed by atoms with Crippen molar-refractivity contribution in [2.24, 2.45) is 5.41 Å². The van der Waals surface area contributed by atoms with Gasteiger partial charge in [-0.05, 0) is 42.5 Å². The molecule has 2 N–H and O–H groups in total. The van der Waals surface area contributed by atoms with Gasteiger partial charge >= 0.3 is 5.97 Å². The van der Waals surface area contributed by atoms with Gasteiger partial charge in [-0.15, -0.1) is 0 Å². The Kier molecular flexibility index (Phi) is 5.59. The second kappa shape index (κ2) is 7.47. The molecular formula is C18H24N2O4.